The molecule has 1 aliphatic rings. The van der Waals surface area contributed by atoms with Crippen molar-refractivity contribution in [1.82, 2.24) is 42.2 Å². The van der Waals surface area contributed by atoms with E-state index in [0.29, 0.717) is 24.9 Å². The predicted molar refractivity (Wildman–Crippen MR) is 188 cm³/mol. The number of aromatic amines is 1. The molecule has 3 rings (SSSR count). The Bertz CT molecular complexity index is 1620. The molecule has 6 atom stereocenters. The first-order chi connectivity index (χ1) is 24.7. The third-order valence-corrected chi connectivity index (χ3v) is 8.83. The molecule has 0 aliphatic carbocycles. The van der Waals surface area contributed by atoms with Crippen molar-refractivity contribution in [3.8, 4) is 0 Å². The number of carbonyl (C=O) groups is 8. The molecule has 0 bridgehead atoms. The second kappa shape index (κ2) is 19.8. The summed E-state index contributed by atoms with van der Waals surface area (Å²) < 4.78 is 0. The summed E-state index contributed by atoms with van der Waals surface area (Å²) in [6.07, 6.45) is 3.27. The second-order valence-corrected chi connectivity index (χ2v) is 12.8. The van der Waals surface area contributed by atoms with Gasteiger partial charge in [0, 0.05) is 29.9 Å². The number of aliphatic carboxylic acids is 1. The standard InChI is InChI=1S/C34H49N9O9/c1-4-18(2)29(43-28(46)17-39-31(48)24(11-12-26(35)44)42-32(49)23-10-7-13-36-23)33(50)40-19(3)30(47)38-16-27(45)41-25(34(51)52)14-20-15-37-22-9-6-5-8-21(20)22/h5-6,8-9,15,18-19,23-25,29,36-37H,4,7,10-14,16-17H2,1-3H3,(H2,35,44)(H,38,47)(H,39,48)(H,40,50)(H,41,45)(H,42,49)(H,43,46)(H,51,52)/t18-,19-,23-,24-,25-,29-/m0/s1. The molecule has 0 saturated carbocycles. The normalized spacial score (nSPS) is 16.7. The first-order valence-corrected chi connectivity index (χ1v) is 17.2. The predicted octanol–water partition coefficient (Wildman–Crippen LogP) is -1.95. The number of carbonyl (C=O) groups excluding carboxylic acids is 7. The highest BCUT2D eigenvalue weighted by atomic mass is 16.4. The van der Waals surface area contributed by atoms with Crippen molar-refractivity contribution in [3.05, 3.63) is 36.0 Å². The Morgan fingerprint density at radius 1 is 0.885 bits per heavy atom. The van der Waals surface area contributed by atoms with Gasteiger partial charge in [0.25, 0.3) is 0 Å². The quantitative estimate of drug-likeness (QED) is 0.0720. The summed E-state index contributed by atoms with van der Waals surface area (Å²) in [6, 6.07) is 2.21. The molecule has 1 aromatic carbocycles. The van der Waals surface area contributed by atoms with Crippen LogP contribution in [0.15, 0.2) is 30.5 Å². The number of para-hydroxylation sites is 1. The summed E-state index contributed by atoms with van der Waals surface area (Å²) in [6.45, 7) is 4.43. The molecule has 2 aromatic rings. The largest absolute Gasteiger partial charge is 0.480 e. The van der Waals surface area contributed by atoms with E-state index < -0.39 is 96.5 Å². The fourth-order valence-corrected chi connectivity index (χ4v) is 5.61. The lowest BCUT2D eigenvalue weighted by atomic mass is 9.98. The van der Waals surface area contributed by atoms with Crippen LogP contribution in [0, 0.1) is 5.92 Å². The van der Waals surface area contributed by atoms with Gasteiger partial charge in [0.2, 0.25) is 41.4 Å². The van der Waals surface area contributed by atoms with E-state index in [2.05, 4.69) is 42.2 Å². The number of rotatable bonds is 20. The van der Waals surface area contributed by atoms with Gasteiger partial charge in [-0.15, -0.1) is 0 Å². The van der Waals surface area contributed by atoms with Crippen LogP contribution in [0.2, 0.25) is 0 Å². The van der Waals surface area contributed by atoms with E-state index >= 15 is 0 Å². The van der Waals surface area contributed by atoms with Crippen LogP contribution in [-0.4, -0.2) is 107 Å². The number of hydrogen-bond donors (Lipinski definition) is 10. The molecule has 0 unspecified atom stereocenters. The lowest BCUT2D eigenvalue weighted by molar-refractivity contribution is -0.141. The number of hydrogen-bond acceptors (Lipinski definition) is 9. The van der Waals surface area contributed by atoms with Crippen molar-refractivity contribution in [2.75, 3.05) is 19.6 Å². The SMILES string of the molecule is CC[C@H](C)[C@H](NC(=O)CNC(=O)[C@H](CCC(N)=O)NC(=O)[C@@H]1CCCN1)C(=O)N[C@@H](C)C(=O)NCC(=O)N[C@@H](Cc1c[nH]c2ccccc12)C(=O)O. The Labute approximate surface area is 300 Å². The van der Waals surface area contributed by atoms with Crippen molar-refractivity contribution in [3.63, 3.8) is 0 Å². The van der Waals surface area contributed by atoms with E-state index in [1.165, 1.54) is 6.92 Å². The van der Waals surface area contributed by atoms with Gasteiger partial charge in [-0.1, -0.05) is 38.5 Å². The van der Waals surface area contributed by atoms with Gasteiger partial charge in [0.15, 0.2) is 0 Å². The lowest BCUT2D eigenvalue weighted by Crippen LogP contribution is -2.57. The maximum absolute atomic E-state index is 13.2. The van der Waals surface area contributed by atoms with Gasteiger partial charge in [-0.2, -0.15) is 0 Å². The first-order valence-electron chi connectivity index (χ1n) is 17.2. The van der Waals surface area contributed by atoms with E-state index in [0.717, 1.165) is 17.3 Å². The number of carboxylic acids is 1. The Morgan fingerprint density at radius 3 is 2.19 bits per heavy atom. The molecule has 1 aromatic heterocycles. The zero-order chi connectivity index (χ0) is 38.4. The van der Waals surface area contributed by atoms with Crippen LogP contribution in [0.4, 0.5) is 0 Å². The van der Waals surface area contributed by atoms with E-state index in [-0.39, 0.29) is 19.3 Å². The topological polar surface area (TPSA) is 283 Å². The van der Waals surface area contributed by atoms with E-state index in [9.17, 15) is 43.5 Å². The highest BCUT2D eigenvalue weighted by Crippen LogP contribution is 2.19. The van der Waals surface area contributed by atoms with Crippen LogP contribution in [0.1, 0.15) is 58.4 Å². The monoisotopic (exact) mass is 727 g/mol. The molecule has 2 heterocycles. The molecular formula is C34H49N9O9. The zero-order valence-electron chi connectivity index (χ0n) is 29.5. The first kappa shape index (κ1) is 40.9. The summed E-state index contributed by atoms with van der Waals surface area (Å²) in [4.78, 5) is 103. The van der Waals surface area contributed by atoms with Crippen LogP contribution in [0.3, 0.4) is 0 Å². The van der Waals surface area contributed by atoms with Crippen molar-refractivity contribution < 1.29 is 43.5 Å². The number of amides is 7. The molecule has 18 heteroatoms. The fourth-order valence-electron chi connectivity index (χ4n) is 5.61. The van der Waals surface area contributed by atoms with Crippen LogP contribution in [-0.2, 0) is 44.8 Å². The summed E-state index contributed by atoms with van der Waals surface area (Å²) in [5.41, 5.74) is 6.74. The molecule has 1 aliphatic heterocycles. The van der Waals surface area contributed by atoms with Gasteiger partial charge < -0.3 is 53.0 Å². The number of primary amides is 1. The molecule has 52 heavy (non-hydrogen) atoms. The number of nitrogens with two attached hydrogens (primary N) is 1. The number of nitrogens with one attached hydrogen (secondary N) is 8. The van der Waals surface area contributed by atoms with Crippen LogP contribution in [0.25, 0.3) is 10.9 Å². The second-order valence-electron chi connectivity index (χ2n) is 12.8. The summed E-state index contributed by atoms with van der Waals surface area (Å²) >= 11 is 0. The molecule has 0 spiro atoms. The van der Waals surface area contributed by atoms with Crippen molar-refractivity contribution in [1.29, 1.82) is 0 Å². The van der Waals surface area contributed by atoms with Crippen LogP contribution >= 0.6 is 0 Å². The van der Waals surface area contributed by atoms with Crippen molar-refractivity contribution in [2.45, 2.75) is 89.5 Å². The van der Waals surface area contributed by atoms with Gasteiger partial charge >= 0.3 is 5.97 Å². The average Bonchev–Trinajstić information content (AvgIpc) is 3.80. The third-order valence-electron chi connectivity index (χ3n) is 8.83. The molecule has 18 nitrogen and oxygen atoms in total. The Kier molecular flexibility index (Phi) is 15.5. The summed E-state index contributed by atoms with van der Waals surface area (Å²) in [5.74, 6) is -6.34. The number of benzene rings is 1. The summed E-state index contributed by atoms with van der Waals surface area (Å²) in [5, 5.41) is 28.4. The van der Waals surface area contributed by atoms with Gasteiger partial charge in [-0.25, -0.2) is 4.79 Å². The maximum Gasteiger partial charge on any atom is 0.326 e. The number of H-pyrrole nitrogens is 1. The lowest BCUT2D eigenvalue weighted by Gasteiger charge is -2.25. The van der Waals surface area contributed by atoms with E-state index in [1.807, 2.05) is 24.3 Å². The Hall–Kier alpha value is -5.52. The molecule has 11 N–H and O–H groups in total. The number of fused-ring (bicyclic) bond motifs is 1. The van der Waals surface area contributed by atoms with Crippen LogP contribution < -0.4 is 43.0 Å². The molecule has 284 valence electrons. The van der Waals surface area contributed by atoms with Crippen LogP contribution in [0.5, 0.6) is 0 Å². The highest BCUT2D eigenvalue weighted by molar-refractivity contribution is 5.96. The van der Waals surface area contributed by atoms with Gasteiger partial charge in [-0.05, 0) is 50.3 Å². The van der Waals surface area contributed by atoms with Gasteiger partial charge in [-0.3, -0.25) is 33.6 Å². The zero-order valence-corrected chi connectivity index (χ0v) is 29.5. The van der Waals surface area contributed by atoms with E-state index in [4.69, 9.17) is 5.73 Å². The molecule has 0 radical (unpaired) electrons. The maximum atomic E-state index is 13.2. The minimum atomic E-state index is -1.26. The Balaban J connectivity index is 1.50. The number of aromatic nitrogens is 1. The number of carboxylic acid groups (broad SMARTS) is 1. The minimum Gasteiger partial charge on any atom is -0.480 e. The van der Waals surface area contributed by atoms with Gasteiger partial charge in [0.05, 0.1) is 19.1 Å². The molecular weight excluding hydrogens is 678 g/mol. The van der Waals surface area contributed by atoms with Crippen molar-refractivity contribution >= 4 is 58.2 Å². The molecule has 7 amide bonds. The third kappa shape index (κ3) is 12.4. The minimum absolute atomic E-state index is 0.00245. The summed E-state index contributed by atoms with van der Waals surface area (Å²) in [7, 11) is 0. The molecule has 1 saturated heterocycles. The molecule has 1 fully saturated rings. The van der Waals surface area contributed by atoms with E-state index in [1.54, 1.807) is 20.0 Å². The highest BCUT2D eigenvalue weighted by Gasteiger charge is 2.31. The fraction of sp³-hybridized carbons (Fsp3) is 0.529. The average molecular weight is 728 g/mol. The Morgan fingerprint density at radius 2 is 1.56 bits per heavy atom. The van der Waals surface area contributed by atoms with Gasteiger partial charge in [0.1, 0.15) is 24.2 Å². The van der Waals surface area contributed by atoms with Crippen molar-refractivity contribution in [2.24, 2.45) is 11.7 Å². The smallest absolute Gasteiger partial charge is 0.326 e.